The van der Waals surface area contributed by atoms with Crippen LogP contribution in [0.2, 0.25) is 0 Å². The monoisotopic (exact) mass is 186 g/mol. The third-order valence-corrected chi connectivity index (χ3v) is 1.93. The van der Waals surface area contributed by atoms with Gasteiger partial charge in [0.1, 0.15) is 18.5 Å². The lowest BCUT2D eigenvalue weighted by atomic mass is 10.3. The van der Waals surface area contributed by atoms with E-state index in [4.69, 9.17) is 4.74 Å². The second-order valence-electron chi connectivity index (χ2n) is 3.11. The molecule has 0 unspecified atom stereocenters. The summed E-state index contributed by atoms with van der Waals surface area (Å²) in [6, 6.07) is 13.6. The molecule has 0 spiro atoms. The van der Waals surface area contributed by atoms with E-state index in [1.807, 2.05) is 66.5 Å². The van der Waals surface area contributed by atoms with Crippen LogP contribution in [0.5, 0.6) is 11.5 Å². The summed E-state index contributed by atoms with van der Waals surface area (Å²) >= 11 is 0. The molecular weight excluding hydrogens is 174 g/mol. The number of ether oxygens (including phenoxy) is 1. The van der Waals surface area contributed by atoms with E-state index in [0.717, 1.165) is 11.5 Å². The number of rotatable bonds is 2. The predicted molar refractivity (Wildman–Crippen MR) is 54.1 cm³/mol. The van der Waals surface area contributed by atoms with E-state index in [1.165, 1.54) is 0 Å². The van der Waals surface area contributed by atoms with Gasteiger partial charge in [0.2, 0.25) is 0 Å². The molecule has 0 aliphatic rings. The van der Waals surface area contributed by atoms with E-state index in [2.05, 4.69) is 0 Å². The fourth-order valence-corrected chi connectivity index (χ4v) is 1.18. The smallest absolute Gasteiger partial charge is 0.172 e. The molecule has 0 fully saturated rings. The number of aromatic nitrogens is 1. The predicted octanol–water partition coefficient (Wildman–Crippen LogP) is 2.30. The quantitative estimate of drug-likeness (QED) is 0.656. The molecule has 0 aliphatic carbocycles. The first-order chi connectivity index (χ1) is 6.84. The largest absolute Gasteiger partial charge is 0.457 e. The molecule has 0 N–H and O–H groups in total. The summed E-state index contributed by atoms with van der Waals surface area (Å²) in [7, 11) is 1.98. The van der Waals surface area contributed by atoms with Gasteiger partial charge in [-0.3, -0.25) is 0 Å². The highest BCUT2D eigenvalue weighted by atomic mass is 16.5. The van der Waals surface area contributed by atoms with Crippen molar-refractivity contribution in [3.05, 3.63) is 54.9 Å². The summed E-state index contributed by atoms with van der Waals surface area (Å²) in [5.41, 5.74) is 0. The first-order valence-electron chi connectivity index (χ1n) is 4.53. The standard InChI is InChI=1S/C12H12NO/c1-13-9-7-12(8-10-13)14-11-5-3-2-4-6-11/h2-10H,1H3/q+1. The van der Waals surface area contributed by atoms with Gasteiger partial charge < -0.3 is 4.74 Å². The number of pyridine rings is 1. The lowest BCUT2D eigenvalue weighted by Gasteiger charge is -2.03. The molecule has 2 aromatic rings. The Hall–Kier alpha value is -1.83. The van der Waals surface area contributed by atoms with Crippen LogP contribution in [0.3, 0.4) is 0 Å². The molecule has 0 radical (unpaired) electrons. The highest BCUT2D eigenvalue weighted by molar-refractivity contribution is 5.28. The van der Waals surface area contributed by atoms with E-state index >= 15 is 0 Å². The first-order valence-corrected chi connectivity index (χ1v) is 4.53. The Morgan fingerprint density at radius 2 is 1.43 bits per heavy atom. The lowest BCUT2D eigenvalue weighted by molar-refractivity contribution is -0.671. The zero-order valence-corrected chi connectivity index (χ0v) is 8.05. The Labute approximate surface area is 83.4 Å². The molecule has 0 amide bonds. The van der Waals surface area contributed by atoms with Crippen molar-refractivity contribution >= 4 is 0 Å². The van der Waals surface area contributed by atoms with E-state index in [-0.39, 0.29) is 0 Å². The second kappa shape index (κ2) is 3.92. The number of aryl methyl sites for hydroxylation is 1. The van der Waals surface area contributed by atoms with Gasteiger partial charge in [-0.05, 0) is 12.1 Å². The van der Waals surface area contributed by atoms with Gasteiger partial charge >= 0.3 is 0 Å². The number of nitrogens with zero attached hydrogens (tertiary/aromatic N) is 1. The van der Waals surface area contributed by atoms with Gasteiger partial charge in [0, 0.05) is 12.1 Å². The van der Waals surface area contributed by atoms with Crippen molar-refractivity contribution in [2.75, 3.05) is 0 Å². The number of hydrogen-bond donors (Lipinski definition) is 0. The molecular formula is C12H12NO+. The Bertz CT molecular complexity index is 394. The molecule has 14 heavy (non-hydrogen) atoms. The van der Waals surface area contributed by atoms with Crippen molar-refractivity contribution < 1.29 is 9.30 Å². The lowest BCUT2D eigenvalue weighted by Crippen LogP contribution is -2.25. The maximum Gasteiger partial charge on any atom is 0.172 e. The average molecular weight is 186 g/mol. The molecule has 0 atom stereocenters. The molecule has 1 aromatic heterocycles. The summed E-state index contributed by atoms with van der Waals surface area (Å²) in [6.07, 6.45) is 3.91. The van der Waals surface area contributed by atoms with Crippen LogP contribution >= 0.6 is 0 Å². The third kappa shape index (κ3) is 2.10. The molecule has 0 aliphatic heterocycles. The van der Waals surface area contributed by atoms with Gasteiger partial charge in [0.15, 0.2) is 12.4 Å². The van der Waals surface area contributed by atoms with Crippen molar-refractivity contribution in [3.8, 4) is 11.5 Å². The van der Waals surface area contributed by atoms with Gasteiger partial charge in [-0.1, -0.05) is 18.2 Å². The van der Waals surface area contributed by atoms with Gasteiger partial charge in [-0.2, -0.15) is 0 Å². The zero-order chi connectivity index (χ0) is 9.80. The van der Waals surface area contributed by atoms with Crippen molar-refractivity contribution in [2.24, 2.45) is 7.05 Å². The van der Waals surface area contributed by atoms with Crippen LogP contribution in [-0.4, -0.2) is 0 Å². The minimum Gasteiger partial charge on any atom is -0.457 e. The van der Waals surface area contributed by atoms with Gasteiger partial charge in [0.25, 0.3) is 0 Å². The van der Waals surface area contributed by atoms with Gasteiger partial charge in [-0.15, -0.1) is 0 Å². The zero-order valence-electron chi connectivity index (χ0n) is 8.05. The average Bonchev–Trinajstić information content (AvgIpc) is 2.23. The second-order valence-corrected chi connectivity index (χ2v) is 3.11. The van der Waals surface area contributed by atoms with Crippen molar-refractivity contribution in [1.82, 2.24) is 0 Å². The van der Waals surface area contributed by atoms with Crippen LogP contribution in [0.25, 0.3) is 0 Å². The van der Waals surface area contributed by atoms with E-state index in [0.29, 0.717) is 0 Å². The summed E-state index contributed by atoms with van der Waals surface area (Å²) in [6.45, 7) is 0. The topological polar surface area (TPSA) is 13.1 Å². The summed E-state index contributed by atoms with van der Waals surface area (Å²) in [4.78, 5) is 0. The fourth-order valence-electron chi connectivity index (χ4n) is 1.18. The van der Waals surface area contributed by atoms with Crippen molar-refractivity contribution in [1.29, 1.82) is 0 Å². The number of benzene rings is 1. The first kappa shape index (κ1) is 8.75. The molecule has 70 valence electrons. The molecule has 1 aromatic carbocycles. The molecule has 0 bridgehead atoms. The summed E-state index contributed by atoms with van der Waals surface area (Å²) in [5.74, 6) is 1.72. The van der Waals surface area contributed by atoms with E-state index in [9.17, 15) is 0 Å². The Morgan fingerprint density at radius 3 is 2.07 bits per heavy atom. The van der Waals surface area contributed by atoms with Crippen LogP contribution in [0.4, 0.5) is 0 Å². The van der Waals surface area contributed by atoms with E-state index < -0.39 is 0 Å². The normalized spacial score (nSPS) is 9.79. The molecule has 2 nitrogen and oxygen atoms in total. The van der Waals surface area contributed by atoms with E-state index in [1.54, 1.807) is 0 Å². The molecule has 2 rings (SSSR count). The third-order valence-electron chi connectivity index (χ3n) is 1.93. The van der Waals surface area contributed by atoms with Crippen LogP contribution in [0.1, 0.15) is 0 Å². The Balaban J connectivity index is 2.16. The van der Waals surface area contributed by atoms with Crippen LogP contribution in [-0.2, 0) is 7.05 Å². The molecule has 2 heteroatoms. The number of para-hydroxylation sites is 1. The van der Waals surface area contributed by atoms with Crippen molar-refractivity contribution in [3.63, 3.8) is 0 Å². The van der Waals surface area contributed by atoms with Crippen LogP contribution in [0.15, 0.2) is 54.9 Å². The molecule has 0 saturated heterocycles. The highest BCUT2D eigenvalue weighted by Gasteiger charge is 1.97. The maximum atomic E-state index is 5.62. The van der Waals surface area contributed by atoms with Crippen molar-refractivity contribution in [2.45, 2.75) is 0 Å². The molecule has 1 heterocycles. The van der Waals surface area contributed by atoms with Gasteiger partial charge in [0.05, 0.1) is 0 Å². The van der Waals surface area contributed by atoms with Crippen LogP contribution < -0.4 is 9.30 Å². The Morgan fingerprint density at radius 1 is 0.857 bits per heavy atom. The van der Waals surface area contributed by atoms with Gasteiger partial charge in [-0.25, -0.2) is 4.57 Å². The molecule has 0 saturated carbocycles. The summed E-state index contributed by atoms with van der Waals surface area (Å²) in [5, 5.41) is 0. The SMILES string of the molecule is C[n+]1ccc(Oc2ccccc2)cc1. The minimum atomic E-state index is 0.856. The minimum absolute atomic E-state index is 0.856. The maximum absolute atomic E-state index is 5.62. The summed E-state index contributed by atoms with van der Waals surface area (Å²) < 4.78 is 7.59. The van der Waals surface area contributed by atoms with Crippen LogP contribution in [0, 0.1) is 0 Å². The fraction of sp³-hybridized carbons (Fsp3) is 0.0833. The number of hydrogen-bond acceptors (Lipinski definition) is 1. The Kier molecular flexibility index (Phi) is 2.45. The highest BCUT2D eigenvalue weighted by Crippen LogP contribution is 2.18.